The van der Waals surface area contributed by atoms with Crippen molar-refractivity contribution in [1.29, 1.82) is 0 Å². The lowest BCUT2D eigenvalue weighted by Gasteiger charge is -2.09. The van der Waals surface area contributed by atoms with Crippen LogP contribution in [0.1, 0.15) is 0 Å². The minimum atomic E-state index is -3.81. The van der Waals surface area contributed by atoms with Crippen LogP contribution in [0.3, 0.4) is 0 Å². The van der Waals surface area contributed by atoms with Gasteiger partial charge in [-0.05, 0) is 24.3 Å². The second-order valence-corrected chi connectivity index (χ2v) is 6.30. The van der Waals surface area contributed by atoms with E-state index >= 15 is 0 Å². The quantitative estimate of drug-likeness (QED) is 0.753. The van der Waals surface area contributed by atoms with Crippen LogP contribution in [0.25, 0.3) is 10.9 Å². The lowest BCUT2D eigenvalue weighted by molar-refractivity contribution is 0.597. The van der Waals surface area contributed by atoms with Crippen LogP contribution in [0.4, 0.5) is 5.69 Å². The monoisotopic (exact) mass is 319 g/mol. The third-order valence-electron chi connectivity index (χ3n) is 2.84. The Morgan fingerprint density at radius 2 is 1.76 bits per heavy atom. The van der Waals surface area contributed by atoms with Crippen molar-refractivity contribution in [2.24, 2.45) is 0 Å². The summed E-state index contributed by atoms with van der Waals surface area (Å²) in [5.41, 5.74) is 0.973. The molecule has 0 amide bonds. The van der Waals surface area contributed by atoms with Crippen molar-refractivity contribution in [1.82, 2.24) is 9.97 Å². The Bertz CT molecular complexity index is 907. The second-order valence-electron chi connectivity index (χ2n) is 4.28. The summed E-state index contributed by atoms with van der Waals surface area (Å²) in [6, 6.07) is 13.3. The number of fused-ring (bicyclic) bond motifs is 1. The maximum Gasteiger partial charge on any atom is 0.279 e. The van der Waals surface area contributed by atoms with Crippen molar-refractivity contribution in [3.05, 3.63) is 59.9 Å². The van der Waals surface area contributed by atoms with Crippen molar-refractivity contribution in [3.8, 4) is 0 Å². The molecule has 0 fully saturated rings. The largest absolute Gasteiger partial charge is 0.279 e. The number of halogens is 1. The number of nitrogens with one attached hydrogen (secondary N) is 1. The number of nitrogens with zero attached hydrogens (tertiary/aromatic N) is 2. The first kappa shape index (κ1) is 13.8. The highest BCUT2D eigenvalue weighted by atomic mass is 35.5. The number of para-hydroxylation sites is 1. The molecule has 0 saturated heterocycles. The fourth-order valence-electron chi connectivity index (χ4n) is 1.92. The molecule has 0 atom stereocenters. The molecule has 1 aromatic carbocycles. The summed E-state index contributed by atoms with van der Waals surface area (Å²) in [4.78, 5) is 8.02. The second kappa shape index (κ2) is 5.31. The molecule has 1 N–H and O–H groups in total. The van der Waals surface area contributed by atoms with E-state index in [9.17, 15) is 8.42 Å². The molecule has 3 rings (SSSR count). The molecule has 106 valence electrons. The van der Waals surface area contributed by atoms with Crippen molar-refractivity contribution in [2.75, 3.05) is 4.72 Å². The number of benzene rings is 1. The third-order valence-corrected chi connectivity index (χ3v) is 4.32. The van der Waals surface area contributed by atoms with Crippen LogP contribution in [0, 0.1) is 0 Å². The van der Waals surface area contributed by atoms with E-state index in [1.54, 1.807) is 24.4 Å². The van der Waals surface area contributed by atoms with Crippen LogP contribution in [0.15, 0.2) is 59.8 Å². The molecule has 0 aliphatic carbocycles. The molecular formula is C14H10ClN3O2S. The third kappa shape index (κ3) is 2.81. The predicted molar refractivity (Wildman–Crippen MR) is 81.8 cm³/mol. The van der Waals surface area contributed by atoms with Crippen LogP contribution in [-0.4, -0.2) is 18.4 Å². The Labute approximate surface area is 126 Å². The predicted octanol–water partition coefficient (Wildman–Crippen LogP) is 3.08. The van der Waals surface area contributed by atoms with Gasteiger partial charge in [0.25, 0.3) is 10.0 Å². The molecule has 0 aliphatic rings. The highest BCUT2D eigenvalue weighted by Crippen LogP contribution is 2.23. The first-order valence-electron chi connectivity index (χ1n) is 6.05. The number of anilines is 1. The zero-order valence-corrected chi connectivity index (χ0v) is 12.3. The van der Waals surface area contributed by atoms with E-state index in [2.05, 4.69) is 14.7 Å². The highest BCUT2D eigenvalue weighted by Gasteiger charge is 2.17. The first-order chi connectivity index (χ1) is 10.1. The molecule has 3 aromatic rings. The molecule has 0 spiro atoms. The van der Waals surface area contributed by atoms with Crippen molar-refractivity contribution >= 4 is 38.2 Å². The van der Waals surface area contributed by atoms with Gasteiger partial charge in [-0.3, -0.25) is 9.71 Å². The SMILES string of the molecule is O=S(=O)(Nc1cccc2cccnc12)c1cccc(Cl)n1. The van der Waals surface area contributed by atoms with E-state index in [4.69, 9.17) is 11.6 Å². The van der Waals surface area contributed by atoms with Gasteiger partial charge in [0, 0.05) is 11.6 Å². The minimum Gasteiger partial charge on any atom is -0.276 e. The number of hydrogen-bond donors (Lipinski definition) is 1. The van der Waals surface area contributed by atoms with Gasteiger partial charge in [-0.25, -0.2) is 4.98 Å². The maximum atomic E-state index is 12.3. The summed E-state index contributed by atoms with van der Waals surface area (Å²) in [6.45, 7) is 0. The molecule has 0 bridgehead atoms. The smallest absolute Gasteiger partial charge is 0.276 e. The molecule has 5 nitrogen and oxygen atoms in total. The Kier molecular flexibility index (Phi) is 3.48. The number of hydrogen-bond acceptors (Lipinski definition) is 4. The van der Waals surface area contributed by atoms with E-state index in [-0.39, 0.29) is 10.2 Å². The van der Waals surface area contributed by atoms with Crippen LogP contribution < -0.4 is 4.72 Å². The summed E-state index contributed by atoms with van der Waals surface area (Å²) in [5.74, 6) is 0. The number of pyridine rings is 2. The van der Waals surface area contributed by atoms with Gasteiger partial charge in [0.15, 0.2) is 5.03 Å². The van der Waals surface area contributed by atoms with Crippen molar-refractivity contribution < 1.29 is 8.42 Å². The van der Waals surface area contributed by atoms with Crippen molar-refractivity contribution in [3.63, 3.8) is 0 Å². The number of aromatic nitrogens is 2. The van der Waals surface area contributed by atoms with Gasteiger partial charge >= 0.3 is 0 Å². The van der Waals surface area contributed by atoms with Gasteiger partial charge in [0.1, 0.15) is 5.15 Å². The van der Waals surface area contributed by atoms with E-state index < -0.39 is 10.0 Å². The zero-order valence-electron chi connectivity index (χ0n) is 10.7. The summed E-state index contributed by atoms with van der Waals surface area (Å²) in [6.07, 6.45) is 1.61. The molecular weight excluding hydrogens is 310 g/mol. The lowest BCUT2D eigenvalue weighted by atomic mass is 10.2. The van der Waals surface area contributed by atoms with Gasteiger partial charge in [-0.1, -0.05) is 35.9 Å². The molecule has 7 heteroatoms. The van der Waals surface area contributed by atoms with Gasteiger partial charge in [-0.2, -0.15) is 8.42 Å². The Morgan fingerprint density at radius 1 is 1.00 bits per heavy atom. The van der Waals surface area contributed by atoms with Crippen LogP contribution in [0.2, 0.25) is 5.15 Å². The normalized spacial score (nSPS) is 11.5. The van der Waals surface area contributed by atoms with Crippen LogP contribution >= 0.6 is 11.6 Å². The van der Waals surface area contributed by atoms with Crippen LogP contribution in [-0.2, 0) is 10.0 Å². The summed E-state index contributed by atoms with van der Waals surface area (Å²) < 4.78 is 27.2. The van der Waals surface area contributed by atoms with Gasteiger partial charge in [0.05, 0.1) is 11.2 Å². The summed E-state index contributed by atoms with van der Waals surface area (Å²) in [5, 5.41) is 0.827. The fourth-order valence-corrected chi connectivity index (χ4v) is 3.17. The maximum absolute atomic E-state index is 12.3. The summed E-state index contributed by atoms with van der Waals surface area (Å²) >= 11 is 5.73. The molecule has 21 heavy (non-hydrogen) atoms. The fraction of sp³-hybridized carbons (Fsp3) is 0. The molecule has 0 aliphatic heterocycles. The zero-order chi connectivity index (χ0) is 14.9. The Balaban J connectivity index is 2.06. The standard InChI is InChI=1S/C14H10ClN3O2S/c15-12-7-2-8-13(17-12)21(19,20)18-11-6-1-4-10-5-3-9-16-14(10)11/h1-9,18H. The highest BCUT2D eigenvalue weighted by molar-refractivity contribution is 7.92. The number of sulfonamides is 1. The van der Waals surface area contributed by atoms with E-state index in [1.807, 2.05) is 12.1 Å². The lowest BCUT2D eigenvalue weighted by Crippen LogP contribution is -2.14. The topological polar surface area (TPSA) is 72.0 Å². The molecule has 0 unspecified atom stereocenters. The summed E-state index contributed by atoms with van der Waals surface area (Å²) in [7, 11) is -3.81. The van der Waals surface area contributed by atoms with Gasteiger partial charge in [0.2, 0.25) is 0 Å². The van der Waals surface area contributed by atoms with Gasteiger partial charge in [-0.15, -0.1) is 0 Å². The molecule has 0 saturated carbocycles. The first-order valence-corrected chi connectivity index (χ1v) is 7.91. The van der Waals surface area contributed by atoms with Gasteiger partial charge < -0.3 is 0 Å². The van der Waals surface area contributed by atoms with Crippen LogP contribution in [0.5, 0.6) is 0 Å². The Hall–Kier alpha value is -2.18. The minimum absolute atomic E-state index is 0.119. The van der Waals surface area contributed by atoms with Crippen molar-refractivity contribution in [2.45, 2.75) is 5.03 Å². The molecule has 2 aromatic heterocycles. The molecule has 0 radical (unpaired) electrons. The van der Waals surface area contributed by atoms with E-state index in [0.717, 1.165) is 5.39 Å². The number of rotatable bonds is 3. The Morgan fingerprint density at radius 3 is 2.57 bits per heavy atom. The molecule has 2 heterocycles. The van der Waals surface area contributed by atoms with E-state index in [0.29, 0.717) is 11.2 Å². The average Bonchev–Trinajstić information content (AvgIpc) is 2.47. The average molecular weight is 320 g/mol. The van der Waals surface area contributed by atoms with E-state index in [1.165, 1.54) is 18.2 Å².